The van der Waals surface area contributed by atoms with E-state index >= 15 is 0 Å². The second-order valence-electron chi connectivity index (χ2n) is 7.84. The van der Waals surface area contributed by atoms with Gasteiger partial charge in [0.05, 0.1) is 4.90 Å². The minimum Gasteiger partial charge on any atom is -0.305 e. The van der Waals surface area contributed by atoms with E-state index in [0.29, 0.717) is 6.42 Å². The van der Waals surface area contributed by atoms with Gasteiger partial charge in [-0.1, -0.05) is 25.5 Å². The molecule has 0 saturated carbocycles. The van der Waals surface area contributed by atoms with Gasteiger partial charge < -0.3 is 5.32 Å². The molecule has 5 nitrogen and oxygen atoms in total. The average molecular weight is 416 g/mol. The first-order chi connectivity index (χ1) is 13.9. The second-order valence-corrected chi connectivity index (χ2v) is 9.60. The molecule has 0 saturated heterocycles. The number of urea groups is 1. The molecule has 154 valence electrons. The minimum atomic E-state index is -3.68. The molecule has 3 N–H and O–H groups in total. The van der Waals surface area contributed by atoms with Crippen molar-refractivity contribution in [1.29, 1.82) is 0 Å². The number of hydrogen-bond donors (Lipinski definition) is 2. The highest BCUT2D eigenvalue weighted by atomic mass is 32.2. The maximum atomic E-state index is 14.5. The monoisotopic (exact) mass is 415 g/mol. The predicted octanol–water partition coefficient (Wildman–Crippen LogP) is 4.69. The Morgan fingerprint density at radius 3 is 2.38 bits per heavy atom. The summed E-state index contributed by atoms with van der Waals surface area (Å²) in [6.45, 7) is 1.99. The summed E-state index contributed by atoms with van der Waals surface area (Å²) in [5, 5.41) is 8.64. The van der Waals surface area contributed by atoms with Crippen LogP contribution in [-0.2, 0) is 42.0 Å². The number of amides is 2. The third-order valence-corrected chi connectivity index (χ3v) is 7.17. The number of halogens is 1. The molecule has 2 amide bonds. The first-order valence-electron chi connectivity index (χ1n) is 10.2. The first-order valence-corrected chi connectivity index (χ1v) is 11.8. The van der Waals surface area contributed by atoms with Crippen molar-refractivity contribution in [3.05, 3.63) is 57.9 Å². The number of nitrogens with two attached hydrogens (primary N) is 1. The van der Waals surface area contributed by atoms with Crippen molar-refractivity contribution in [2.45, 2.75) is 63.2 Å². The van der Waals surface area contributed by atoms with Gasteiger partial charge in [0.2, 0.25) is 0 Å². The Bertz CT molecular complexity index is 1070. The van der Waals surface area contributed by atoms with Crippen molar-refractivity contribution < 1.29 is 13.4 Å². The average Bonchev–Trinajstić information content (AvgIpc) is 3.30. The molecular weight excluding hydrogens is 389 g/mol. The largest absolute Gasteiger partial charge is 0.354 e. The quantitative estimate of drug-likeness (QED) is 0.759. The van der Waals surface area contributed by atoms with E-state index in [9.17, 15) is 13.4 Å². The van der Waals surface area contributed by atoms with E-state index < -0.39 is 21.8 Å². The fraction of sp³-hybridized carbons (Fsp3) is 0.409. The number of carbonyl (C=O) groups is 1. The van der Waals surface area contributed by atoms with Crippen LogP contribution < -0.4 is 10.5 Å². The fourth-order valence-corrected chi connectivity index (χ4v) is 5.49. The van der Waals surface area contributed by atoms with Crippen LogP contribution in [0, 0.1) is 5.82 Å². The van der Waals surface area contributed by atoms with Gasteiger partial charge in [0.15, 0.2) is 0 Å². The van der Waals surface area contributed by atoms with Crippen molar-refractivity contribution in [3.63, 3.8) is 0 Å². The van der Waals surface area contributed by atoms with Gasteiger partial charge in [-0.3, -0.25) is 0 Å². The summed E-state index contributed by atoms with van der Waals surface area (Å²) < 4.78 is 31.0. The molecule has 1 unspecified atom stereocenters. The molecule has 0 bridgehead atoms. The summed E-state index contributed by atoms with van der Waals surface area (Å²) in [6, 6.07) is 5.84. The molecule has 4 rings (SSSR count). The number of benzene rings is 2. The topological polar surface area (TPSA) is 84.6 Å². The molecule has 0 heterocycles. The Labute approximate surface area is 171 Å². The summed E-state index contributed by atoms with van der Waals surface area (Å²) in [5.41, 5.74) is 6.43. The maximum absolute atomic E-state index is 14.5. The minimum absolute atomic E-state index is 0.240. The van der Waals surface area contributed by atoms with E-state index in [1.807, 2.05) is 6.92 Å². The Hall–Kier alpha value is -2.25. The van der Waals surface area contributed by atoms with E-state index in [2.05, 4.69) is 15.7 Å². The molecule has 0 aliphatic heterocycles. The number of anilines is 1. The Kier molecular flexibility index (Phi) is 5.44. The van der Waals surface area contributed by atoms with Crippen molar-refractivity contribution in [2.24, 2.45) is 9.50 Å². The van der Waals surface area contributed by atoms with Crippen molar-refractivity contribution >= 4 is 21.6 Å². The Morgan fingerprint density at radius 2 is 1.79 bits per heavy atom. The third-order valence-electron chi connectivity index (χ3n) is 5.77. The highest BCUT2D eigenvalue weighted by molar-refractivity contribution is 7.91. The van der Waals surface area contributed by atoms with Crippen LogP contribution in [0.3, 0.4) is 0 Å². The first kappa shape index (κ1) is 20.0. The second kappa shape index (κ2) is 7.88. The molecule has 0 aromatic heterocycles. The van der Waals surface area contributed by atoms with Gasteiger partial charge >= 0.3 is 6.03 Å². The lowest BCUT2D eigenvalue weighted by atomic mass is 9.99. The van der Waals surface area contributed by atoms with Gasteiger partial charge in [0.25, 0.3) is 0 Å². The summed E-state index contributed by atoms with van der Waals surface area (Å²) in [7, 11) is -3.68. The zero-order valence-corrected chi connectivity index (χ0v) is 17.4. The summed E-state index contributed by atoms with van der Waals surface area (Å²) in [4.78, 5) is 12.4. The maximum Gasteiger partial charge on any atom is 0.354 e. The molecule has 0 radical (unpaired) electrons. The van der Waals surface area contributed by atoms with Gasteiger partial charge in [-0.15, -0.1) is 4.36 Å². The van der Waals surface area contributed by atoms with Crippen LogP contribution in [0.25, 0.3) is 0 Å². The highest BCUT2D eigenvalue weighted by Crippen LogP contribution is 2.38. The summed E-state index contributed by atoms with van der Waals surface area (Å²) in [5.74, 6) is -0.693. The van der Waals surface area contributed by atoms with Crippen LogP contribution >= 0.6 is 0 Å². The zero-order chi connectivity index (χ0) is 20.6. The standard InChI is InChI=1S/C22H26FN3O2S/c1-2-5-14-10-11-20(19(23)12-14)29(24,28)26-22(27)25-21-17-8-3-6-15(17)13-16-7-4-9-18(16)21/h10-13H,2-9H2,1H3,(H3,24,25,26,27,28). The van der Waals surface area contributed by atoms with E-state index in [1.165, 1.54) is 23.3 Å². The van der Waals surface area contributed by atoms with Crippen molar-refractivity contribution in [1.82, 2.24) is 0 Å². The third kappa shape index (κ3) is 3.94. The predicted molar refractivity (Wildman–Crippen MR) is 113 cm³/mol. The Morgan fingerprint density at radius 1 is 1.14 bits per heavy atom. The summed E-state index contributed by atoms with van der Waals surface area (Å²) >= 11 is 0. The number of carbonyl (C=O) groups excluding carboxylic acids is 1. The molecule has 2 aliphatic carbocycles. The molecule has 1 atom stereocenters. The molecule has 29 heavy (non-hydrogen) atoms. The van der Waals surface area contributed by atoms with E-state index in [-0.39, 0.29) is 4.90 Å². The number of rotatable bonds is 4. The van der Waals surface area contributed by atoms with E-state index in [0.717, 1.165) is 67.3 Å². The van der Waals surface area contributed by atoms with Crippen LogP contribution in [0.1, 0.15) is 54.0 Å². The lowest BCUT2D eigenvalue weighted by Gasteiger charge is -2.15. The van der Waals surface area contributed by atoms with Crippen LogP contribution in [0.4, 0.5) is 14.9 Å². The number of aryl methyl sites for hydroxylation is 3. The van der Waals surface area contributed by atoms with Crippen LogP contribution in [0.5, 0.6) is 0 Å². The number of nitrogens with zero attached hydrogens (tertiary/aromatic N) is 1. The van der Waals surface area contributed by atoms with Crippen LogP contribution in [0.2, 0.25) is 0 Å². The Balaban J connectivity index is 1.65. The number of hydrogen-bond acceptors (Lipinski definition) is 2. The molecular formula is C22H26FN3O2S. The van der Waals surface area contributed by atoms with E-state index in [1.54, 1.807) is 6.07 Å². The van der Waals surface area contributed by atoms with Crippen molar-refractivity contribution in [3.8, 4) is 0 Å². The molecule has 2 aromatic carbocycles. The normalized spacial score (nSPS) is 16.8. The zero-order valence-electron chi connectivity index (χ0n) is 16.6. The van der Waals surface area contributed by atoms with Gasteiger partial charge in [0, 0.05) is 5.69 Å². The van der Waals surface area contributed by atoms with Crippen LogP contribution in [0.15, 0.2) is 33.5 Å². The fourth-order valence-electron chi connectivity index (χ4n) is 4.49. The van der Waals surface area contributed by atoms with E-state index in [4.69, 9.17) is 5.14 Å². The smallest absolute Gasteiger partial charge is 0.305 e. The van der Waals surface area contributed by atoms with Gasteiger partial charge in [-0.2, -0.15) is 0 Å². The number of fused-ring (bicyclic) bond motifs is 2. The number of nitrogens with one attached hydrogen (secondary N) is 1. The highest BCUT2D eigenvalue weighted by Gasteiger charge is 2.25. The van der Waals surface area contributed by atoms with Crippen molar-refractivity contribution in [2.75, 3.05) is 5.32 Å². The molecule has 2 aliphatic rings. The van der Waals surface area contributed by atoms with Gasteiger partial charge in [0.1, 0.15) is 15.7 Å². The SMILES string of the molecule is CCCc1ccc(S(N)(=O)=NC(=O)Nc2c3c(cc4c2CCC4)CCC3)c(F)c1. The lowest BCUT2D eigenvalue weighted by molar-refractivity contribution is 0.260. The lowest BCUT2D eigenvalue weighted by Crippen LogP contribution is -2.20. The van der Waals surface area contributed by atoms with Crippen LogP contribution in [-0.4, -0.2) is 10.2 Å². The molecule has 0 spiro atoms. The van der Waals surface area contributed by atoms with Gasteiger partial charge in [-0.05, 0) is 84.9 Å². The van der Waals surface area contributed by atoms with Gasteiger partial charge in [-0.25, -0.2) is 18.5 Å². The molecule has 7 heteroatoms. The molecule has 0 fully saturated rings. The molecule has 2 aromatic rings. The summed E-state index contributed by atoms with van der Waals surface area (Å²) in [6.07, 6.45) is 7.52.